The number of nitrogens with zero attached hydrogens (tertiary/aromatic N) is 2. The molecule has 3 aliphatic rings. The molecule has 4 atom stereocenters. The Morgan fingerprint density at radius 2 is 1.72 bits per heavy atom. The van der Waals surface area contributed by atoms with Crippen LogP contribution in [0.1, 0.15) is 24.1 Å². The van der Waals surface area contributed by atoms with Gasteiger partial charge < -0.3 is 10.0 Å². The van der Waals surface area contributed by atoms with Gasteiger partial charge in [0.05, 0.1) is 5.03 Å². The molecule has 0 bridgehead atoms. The number of fused-ring (bicyclic) bond motifs is 1. The van der Waals surface area contributed by atoms with Gasteiger partial charge in [-0.2, -0.15) is 0 Å². The highest BCUT2D eigenvalue weighted by Crippen LogP contribution is 2.48. The number of carbonyl (C=O) groups excluding carboxylic acids is 2. The Labute approximate surface area is 194 Å². The third kappa shape index (κ3) is 2.97. The molecule has 9 heteroatoms. The zero-order chi connectivity index (χ0) is 22.6. The number of rotatable bonds is 4. The average molecular weight is 470 g/mol. The van der Waals surface area contributed by atoms with Crippen molar-refractivity contribution in [3.8, 4) is 0 Å². The SMILES string of the molecule is CC1(c2ccccc2)NC(c2ccccc2)C(=O)N1[C@@H]1C(=O)N2C(C(=O)O)=C(Cl)CS[C@H]12. The number of aliphatic carboxylic acids is 1. The number of carboxylic acid groups (broad SMARTS) is 1. The van der Waals surface area contributed by atoms with Gasteiger partial charge in [0.25, 0.3) is 5.91 Å². The minimum Gasteiger partial charge on any atom is -0.477 e. The molecule has 5 rings (SSSR count). The van der Waals surface area contributed by atoms with Crippen molar-refractivity contribution in [3.05, 3.63) is 82.5 Å². The van der Waals surface area contributed by atoms with Crippen LogP contribution in [0.4, 0.5) is 0 Å². The van der Waals surface area contributed by atoms with Gasteiger partial charge in [-0.25, -0.2) is 4.79 Å². The summed E-state index contributed by atoms with van der Waals surface area (Å²) < 4.78 is 0. The summed E-state index contributed by atoms with van der Waals surface area (Å²) in [6, 6.07) is 17.4. The number of amides is 2. The molecule has 3 aliphatic heterocycles. The van der Waals surface area contributed by atoms with Crippen molar-refractivity contribution in [3.63, 3.8) is 0 Å². The lowest BCUT2D eigenvalue weighted by Crippen LogP contribution is -2.73. The molecular formula is C23H20ClN3O4S. The molecule has 2 fully saturated rings. The zero-order valence-electron chi connectivity index (χ0n) is 17.1. The van der Waals surface area contributed by atoms with Gasteiger partial charge in [0.1, 0.15) is 28.8 Å². The molecule has 7 nitrogen and oxygen atoms in total. The predicted octanol–water partition coefficient (Wildman–Crippen LogP) is 2.85. The van der Waals surface area contributed by atoms with Crippen molar-refractivity contribution in [2.24, 2.45) is 0 Å². The summed E-state index contributed by atoms with van der Waals surface area (Å²) in [5.41, 5.74) is 0.486. The summed E-state index contributed by atoms with van der Waals surface area (Å²) in [5.74, 6) is -1.64. The largest absolute Gasteiger partial charge is 0.477 e. The molecule has 0 spiro atoms. The number of thioether (sulfide) groups is 1. The van der Waals surface area contributed by atoms with Crippen LogP contribution < -0.4 is 5.32 Å². The maximum Gasteiger partial charge on any atom is 0.353 e. The molecule has 164 valence electrons. The van der Waals surface area contributed by atoms with Gasteiger partial charge in [-0.05, 0) is 18.1 Å². The van der Waals surface area contributed by atoms with Crippen molar-refractivity contribution in [2.45, 2.75) is 30.0 Å². The first-order chi connectivity index (χ1) is 15.3. The Morgan fingerprint density at radius 3 is 2.34 bits per heavy atom. The lowest BCUT2D eigenvalue weighted by Gasteiger charge is -2.54. The van der Waals surface area contributed by atoms with E-state index in [9.17, 15) is 19.5 Å². The van der Waals surface area contributed by atoms with Crippen LogP contribution in [0, 0.1) is 0 Å². The molecule has 0 aliphatic carbocycles. The predicted molar refractivity (Wildman–Crippen MR) is 120 cm³/mol. The standard InChI is InChI=1S/C23H20ClN3O4S/c1-23(14-10-6-3-7-11-14)25-16(13-8-4-2-5-9-13)19(28)27(23)18-20(29)26-17(22(30)31)15(24)12-32-21(18)26/h2-11,16,18,21,25H,12H2,1H3,(H,30,31)/t16?,18-,21-,23?/m1/s1. The number of β-lactam (4-membered cyclic amide) rings is 1. The van der Waals surface area contributed by atoms with Crippen LogP contribution in [-0.2, 0) is 20.0 Å². The van der Waals surface area contributed by atoms with E-state index in [-0.39, 0.29) is 22.4 Å². The molecule has 2 aromatic rings. The van der Waals surface area contributed by atoms with Crippen LogP contribution in [0.25, 0.3) is 0 Å². The van der Waals surface area contributed by atoms with Crippen LogP contribution in [-0.4, -0.2) is 49.9 Å². The maximum atomic E-state index is 13.8. The fraction of sp³-hybridized carbons (Fsp3) is 0.261. The van der Waals surface area contributed by atoms with Gasteiger partial charge in [0, 0.05) is 5.75 Å². The van der Waals surface area contributed by atoms with Crippen molar-refractivity contribution in [1.29, 1.82) is 0 Å². The lowest BCUT2D eigenvalue weighted by molar-refractivity contribution is -0.163. The molecule has 0 saturated carbocycles. The van der Waals surface area contributed by atoms with Gasteiger partial charge in [0.15, 0.2) is 0 Å². The molecule has 2 N–H and O–H groups in total. The molecule has 2 unspecified atom stereocenters. The number of carboxylic acids is 1. The number of halogens is 1. The Hall–Kier alpha value is -2.81. The van der Waals surface area contributed by atoms with E-state index in [0.717, 1.165) is 11.1 Å². The number of hydrogen-bond acceptors (Lipinski definition) is 5. The summed E-state index contributed by atoms with van der Waals surface area (Å²) in [4.78, 5) is 41.6. The molecular weight excluding hydrogens is 450 g/mol. The van der Waals surface area contributed by atoms with E-state index >= 15 is 0 Å². The van der Waals surface area contributed by atoms with Crippen molar-refractivity contribution < 1.29 is 19.5 Å². The van der Waals surface area contributed by atoms with E-state index in [1.165, 1.54) is 16.7 Å². The molecule has 2 aromatic carbocycles. The second-order valence-corrected chi connectivity index (χ2v) is 9.61. The monoisotopic (exact) mass is 469 g/mol. The van der Waals surface area contributed by atoms with Gasteiger partial charge in [-0.15, -0.1) is 11.8 Å². The summed E-state index contributed by atoms with van der Waals surface area (Å²) in [5, 5.41) is 12.6. The summed E-state index contributed by atoms with van der Waals surface area (Å²) in [7, 11) is 0. The van der Waals surface area contributed by atoms with Gasteiger partial charge in [-0.1, -0.05) is 72.3 Å². The molecule has 0 aromatic heterocycles. The first-order valence-corrected chi connectivity index (χ1v) is 11.5. The molecule has 2 amide bonds. The van der Waals surface area contributed by atoms with E-state index in [4.69, 9.17) is 11.6 Å². The minimum atomic E-state index is -1.24. The van der Waals surface area contributed by atoms with E-state index in [0.29, 0.717) is 0 Å². The smallest absolute Gasteiger partial charge is 0.353 e. The fourth-order valence-corrected chi connectivity index (χ4v) is 6.30. The Morgan fingerprint density at radius 1 is 1.09 bits per heavy atom. The average Bonchev–Trinajstić information content (AvgIpc) is 3.06. The van der Waals surface area contributed by atoms with Crippen LogP contribution in [0.5, 0.6) is 0 Å². The zero-order valence-corrected chi connectivity index (χ0v) is 18.6. The maximum absolute atomic E-state index is 13.8. The highest BCUT2D eigenvalue weighted by atomic mass is 35.5. The van der Waals surface area contributed by atoms with E-state index < -0.39 is 35.0 Å². The Kier molecular flexibility index (Phi) is 5.03. The Bertz CT molecular complexity index is 1140. The normalized spacial score (nSPS) is 29.8. The molecule has 32 heavy (non-hydrogen) atoms. The summed E-state index contributed by atoms with van der Waals surface area (Å²) in [6.45, 7) is 1.88. The number of nitrogens with one attached hydrogen (secondary N) is 1. The third-order valence-electron chi connectivity index (χ3n) is 6.23. The second-order valence-electron chi connectivity index (χ2n) is 8.05. The van der Waals surface area contributed by atoms with Crippen molar-refractivity contribution >= 4 is 41.1 Å². The quantitative estimate of drug-likeness (QED) is 0.669. The second kappa shape index (κ2) is 7.65. The third-order valence-corrected chi connectivity index (χ3v) is 7.97. The van der Waals surface area contributed by atoms with Crippen molar-refractivity contribution in [1.82, 2.24) is 15.1 Å². The summed E-state index contributed by atoms with van der Waals surface area (Å²) >= 11 is 7.49. The number of benzene rings is 2. The molecule has 3 heterocycles. The van der Waals surface area contributed by atoms with Gasteiger partial charge >= 0.3 is 5.97 Å². The number of hydrogen-bond donors (Lipinski definition) is 2. The van der Waals surface area contributed by atoms with E-state index in [1.54, 1.807) is 4.90 Å². The van der Waals surface area contributed by atoms with Crippen LogP contribution >= 0.6 is 23.4 Å². The molecule has 0 radical (unpaired) electrons. The topological polar surface area (TPSA) is 90.0 Å². The molecule has 2 saturated heterocycles. The summed E-state index contributed by atoms with van der Waals surface area (Å²) in [6.07, 6.45) is 0. The highest BCUT2D eigenvalue weighted by molar-refractivity contribution is 8.00. The first kappa shape index (κ1) is 21.1. The van der Waals surface area contributed by atoms with Crippen LogP contribution in [0.3, 0.4) is 0 Å². The lowest BCUT2D eigenvalue weighted by atomic mass is 9.95. The van der Waals surface area contributed by atoms with E-state index in [2.05, 4.69) is 5.32 Å². The highest BCUT2D eigenvalue weighted by Gasteiger charge is 2.63. The first-order valence-electron chi connectivity index (χ1n) is 10.1. The minimum absolute atomic E-state index is 0.129. The van der Waals surface area contributed by atoms with Gasteiger partial charge in [-0.3, -0.25) is 19.8 Å². The van der Waals surface area contributed by atoms with Crippen LogP contribution in [0.15, 0.2) is 71.4 Å². The van der Waals surface area contributed by atoms with E-state index in [1.807, 2.05) is 67.6 Å². The van der Waals surface area contributed by atoms with Crippen molar-refractivity contribution in [2.75, 3.05) is 5.75 Å². The Balaban J connectivity index is 1.58. The van der Waals surface area contributed by atoms with Crippen LogP contribution in [0.2, 0.25) is 0 Å². The fourth-order valence-electron chi connectivity index (χ4n) is 4.71. The number of carbonyl (C=O) groups is 3. The van der Waals surface area contributed by atoms with Gasteiger partial charge in [0.2, 0.25) is 5.91 Å².